The number of ether oxygens (including phenoxy) is 2. The number of phenols is 2. The summed E-state index contributed by atoms with van der Waals surface area (Å²) in [4.78, 5) is 12.5. The number of hydrogen-bond acceptors (Lipinski definition) is 5. The highest BCUT2D eigenvalue weighted by Gasteiger charge is 2.28. The van der Waals surface area contributed by atoms with Crippen LogP contribution < -0.4 is 9.47 Å². The van der Waals surface area contributed by atoms with Crippen LogP contribution >= 0.6 is 0 Å². The second-order valence-electron chi connectivity index (χ2n) is 4.84. The number of carbonyl (C=O) groups excluding carboxylic acids is 1. The number of aromatic hydroxyl groups is 2. The number of fused-ring (bicyclic) bond motifs is 1. The van der Waals surface area contributed by atoms with Crippen molar-refractivity contribution in [2.45, 2.75) is 0 Å². The van der Waals surface area contributed by atoms with Crippen molar-refractivity contribution >= 4 is 11.9 Å². The molecule has 1 aliphatic heterocycles. The van der Waals surface area contributed by atoms with E-state index in [1.54, 1.807) is 19.3 Å². The Hall–Kier alpha value is -2.95. The van der Waals surface area contributed by atoms with Crippen molar-refractivity contribution in [1.82, 2.24) is 0 Å². The molecule has 2 aromatic carbocycles. The van der Waals surface area contributed by atoms with Gasteiger partial charge in [0, 0.05) is 11.1 Å². The van der Waals surface area contributed by atoms with Crippen molar-refractivity contribution in [1.29, 1.82) is 0 Å². The summed E-state index contributed by atoms with van der Waals surface area (Å²) < 4.78 is 10.7. The Morgan fingerprint density at radius 1 is 1.18 bits per heavy atom. The molecule has 0 saturated carbocycles. The molecule has 0 aliphatic carbocycles. The molecule has 0 fully saturated rings. The van der Waals surface area contributed by atoms with Gasteiger partial charge in [-0.1, -0.05) is 18.2 Å². The molecule has 2 N–H and O–H groups in total. The average Bonchev–Trinajstić information content (AvgIpc) is 2.54. The van der Waals surface area contributed by atoms with Crippen LogP contribution in [0.2, 0.25) is 0 Å². The lowest BCUT2D eigenvalue weighted by molar-refractivity contribution is 0.0996. The van der Waals surface area contributed by atoms with E-state index in [0.29, 0.717) is 11.3 Å². The normalized spacial score (nSPS) is 15.3. The van der Waals surface area contributed by atoms with Gasteiger partial charge in [-0.2, -0.15) is 0 Å². The first-order valence-electron chi connectivity index (χ1n) is 6.68. The van der Waals surface area contributed by atoms with Crippen molar-refractivity contribution in [3.05, 3.63) is 53.1 Å². The Kier molecular flexibility index (Phi) is 3.47. The summed E-state index contributed by atoms with van der Waals surface area (Å²) in [5, 5.41) is 19.4. The lowest BCUT2D eigenvalue weighted by Gasteiger charge is -2.20. The quantitative estimate of drug-likeness (QED) is 0.658. The van der Waals surface area contributed by atoms with E-state index >= 15 is 0 Å². The molecule has 1 heterocycles. The summed E-state index contributed by atoms with van der Waals surface area (Å²) in [6, 6.07) is 10.0. The lowest BCUT2D eigenvalue weighted by atomic mass is 9.97. The molecule has 0 saturated heterocycles. The fraction of sp³-hybridized carbons (Fsp3) is 0.118. The van der Waals surface area contributed by atoms with Crippen LogP contribution in [0.3, 0.4) is 0 Å². The molecule has 0 spiro atoms. The van der Waals surface area contributed by atoms with Crippen LogP contribution in [0.5, 0.6) is 23.0 Å². The van der Waals surface area contributed by atoms with Crippen LogP contribution in [-0.4, -0.2) is 29.7 Å². The summed E-state index contributed by atoms with van der Waals surface area (Å²) in [6.45, 7) is 0.0914. The zero-order valence-electron chi connectivity index (χ0n) is 11.9. The number of methoxy groups -OCH3 is 1. The Morgan fingerprint density at radius 2 is 1.95 bits per heavy atom. The van der Waals surface area contributed by atoms with Crippen molar-refractivity contribution in [2.24, 2.45) is 0 Å². The zero-order chi connectivity index (χ0) is 15.7. The van der Waals surface area contributed by atoms with E-state index in [-0.39, 0.29) is 29.5 Å². The summed E-state index contributed by atoms with van der Waals surface area (Å²) in [7, 11) is 1.55. The maximum Gasteiger partial charge on any atom is 0.200 e. The maximum atomic E-state index is 12.5. The van der Waals surface area contributed by atoms with E-state index in [9.17, 15) is 15.0 Å². The summed E-state index contributed by atoms with van der Waals surface area (Å²) in [5.41, 5.74) is 1.09. The number of phenolic OH excluding ortho intramolecular Hbond substituents is 2. The molecule has 0 radical (unpaired) electrons. The molecular formula is C17H14O5. The highest BCUT2D eigenvalue weighted by Crippen LogP contribution is 2.40. The number of hydrogen-bond donors (Lipinski definition) is 2. The smallest absolute Gasteiger partial charge is 0.200 e. The SMILES string of the molecule is COc1ccccc1/C=C1\COc2ccc(O)c(O)c2C1=O. The molecule has 5 nitrogen and oxygen atoms in total. The van der Waals surface area contributed by atoms with E-state index in [4.69, 9.17) is 9.47 Å². The highest BCUT2D eigenvalue weighted by molar-refractivity contribution is 6.16. The molecule has 112 valence electrons. The number of rotatable bonds is 2. The predicted molar refractivity (Wildman–Crippen MR) is 80.6 cm³/mol. The van der Waals surface area contributed by atoms with Gasteiger partial charge in [0.1, 0.15) is 23.7 Å². The Labute approximate surface area is 127 Å². The van der Waals surface area contributed by atoms with E-state index < -0.39 is 5.75 Å². The zero-order valence-corrected chi connectivity index (χ0v) is 11.9. The fourth-order valence-corrected chi connectivity index (χ4v) is 2.36. The fourth-order valence-electron chi connectivity index (χ4n) is 2.36. The average molecular weight is 298 g/mol. The van der Waals surface area contributed by atoms with Crippen molar-refractivity contribution < 1.29 is 24.5 Å². The minimum Gasteiger partial charge on any atom is -0.504 e. The Bertz CT molecular complexity index is 777. The highest BCUT2D eigenvalue weighted by atomic mass is 16.5. The minimum absolute atomic E-state index is 0.0209. The molecule has 0 bridgehead atoms. The maximum absolute atomic E-state index is 12.5. The first-order valence-corrected chi connectivity index (χ1v) is 6.68. The molecule has 3 rings (SSSR count). The van der Waals surface area contributed by atoms with Gasteiger partial charge < -0.3 is 19.7 Å². The molecule has 0 amide bonds. The van der Waals surface area contributed by atoms with E-state index in [2.05, 4.69) is 0 Å². The van der Waals surface area contributed by atoms with Crippen LogP contribution in [0.4, 0.5) is 0 Å². The Balaban J connectivity index is 2.06. The van der Waals surface area contributed by atoms with Gasteiger partial charge in [-0.15, -0.1) is 0 Å². The van der Waals surface area contributed by atoms with Crippen LogP contribution in [0, 0.1) is 0 Å². The monoisotopic (exact) mass is 298 g/mol. The van der Waals surface area contributed by atoms with Gasteiger partial charge >= 0.3 is 0 Å². The van der Waals surface area contributed by atoms with Gasteiger partial charge in [-0.25, -0.2) is 0 Å². The summed E-state index contributed by atoms with van der Waals surface area (Å²) >= 11 is 0. The minimum atomic E-state index is -0.465. The molecule has 2 aromatic rings. The molecule has 0 unspecified atom stereocenters. The van der Waals surface area contributed by atoms with Crippen molar-refractivity contribution in [3.8, 4) is 23.0 Å². The van der Waals surface area contributed by atoms with Crippen molar-refractivity contribution in [2.75, 3.05) is 13.7 Å². The molecule has 0 aromatic heterocycles. The van der Waals surface area contributed by atoms with Gasteiger partial charge in [0.2, 0.25) is 0 Å². The largest absolute Gasteiger partial charge is 0.504 e. The summed E-state index contributed by atoms with van der Waals surface area (Å²) in [5.74, 6) is -0.297. The molecule has 5 heteroatoms. The molecule has 22 heavy (non-hydrogen) atoms. The van der Waals surface area contributed by atoms with Gasteiger partial charge in [-0.3, -0.25) is 4.79 Å². The van der Waals surface area contributed by atoms with Crippen LogP contribution in [0.1, 0.15) is 15.9 Å². The van der Waals surface area contributed by atoms with Crippen LogP contribution in [-0.2, 0) is 0 Å². The topological polar surface area (TPSA) is 76.0 Å². The van der Waals surface area contributed by atoms with Gasteiger partial charge in [0.05, 0.1) is 7.11 Å². The van der Waals surface area contributed by atoms with Gasteiger partial charge in [-0.05, 0) is 24.3 Å². The standard InChI is InChI=1S/C17H14O5/c1-21-13-5-3-2-4-10(13)8-11-9-22-14-7-6-12(18)17(20)15(14)16(11)19/h2-8,18,20H,9H2,1H3/b11-8+. The third-order valence-corrected chi connectivity index (χ3v) is 3.49. The third kappa shape index (κ3) is 2.26. The first kappa shape index (κ1) is 14.0. The Morgan fingerprint density at radius 3 is 2.73 bits per heavy atom. The number of ketones is 1. The first-order chi connectivity index (χ1) is 10.6. The summed E-state index contributed by atoms with van der Waals surface area (Å²) in [6.07, 6.45) is 1.66. The molecular weight excluding hydrogens is 284 g/mol. The lowest BCUT2D eigenvalue weighted by Crippen LogP contribution is -2.19. The number of Topliss-reactive ketones (excluding diaryl/α,β-unsaturated/α-hetero) is 1. The predicted octanol–water partition coefficient (Wildman–Crippen LogP) is 2.77. The van der Waals surface area contributed by atoms with Gasteiger partial charge in [0.15, 0.2) is 17.3 Å². The van der Waals surface area contributed by atoms with Crippen LogP contribution in [0.15, 0.2) is 42.0 Å². The number of para-hydroxylation sites is 1. The number of benzene rings is 2. The third-order valence-electron chi connectivity index (χ3n) is 3.49. The van der Waals surface area contributed by atoms with Gasteiger partial charge in [0.25, 0.3) is 0 Å². The second kappa shape index (κ2) is 5.44. The van der Waals surface area contributed by atoms with E-state index in [1.165, 1.54) is 12.1 Å². The molecule has 0 atom stereocenters. The van der Waals surface area contributed by atoms with Crippen molar-refractivity contribution in [3.63, 3.8) is 0 Å². The van der Waals surface area contributed by atoms with Crippen LogP contribution in [0.25, 0.3) is 6.08 Å². The number of carbonyl (C=O) groups is 1. The van der Waals surface area contributed by atoms with E-state index in [1.807, 2.05) is 18.2 Å². The van der Waals surface area contributed by atoms with E-state index in [0.717, 1.165) is 5.56 Å². The molecule has 1 aliphatic rings. The second-order valence-corrected chi connectivity index (χ2v) is 4.84.